The summed E-state index contributed by atoms with van der Waals surface area (Å²) in [7, 11) is 0. The largest absolute Gasteiger partial charge is 0.503 e. The van der Waals surface area contributed by atoms with E-state index in [-0.39, 0.29) is 11.5 Å². The molecule has 0 bridgehead atoms. The van der Waals surface area contributed by atoms with E-state index in [1.165, 1.54) is 30.5 Å². The minimum Gasteiger partial charge on any atom is -0.503 e. The van der Waals surface area contributed by atoms with E-state index in [2.05, 4.69) is 31.8 Å². The molecule has 27 heavy (non-hydrogen) atoms. The van der Waals surface area contributed by atoms with Gasteiger partial charge in [0.1, 0.15) is 12.2 Å². The predicted molar refractivity (Wildman–Crippen MR) is 102 cm³/mol. The van der Waals surface area contributed by atoms with Crippen LogP contribution in [0.15, 0.2) is 46.0 Å². The number of aromatic hydroxyl groups is 1. The van der Waals surface area contributed by atoms with Crippen molar-refractivity contribution < 1.29 is 23.8 Å². The normalized spacial score (nSPS) is 10.6. The number of hydrogen-bond donors (Lipinski definition) is 3. The van der Waals surface area contributed by atoms with Gasteiger partial charge in [0.2, 0.25) is 11.8 Å². The van der Waals surface area contributed by atoms with E-state index in [1.807, 2.05) is 0 Å². The van der Waals surface area contributed by atoms with Crippen LogP contribution < -0.4 is 15.5 Å². The van der Waals surface area contributed by atoms with Crippen LogP contribution in [-0.2, 0) is 9.59 Å². The number of nitrogens with zero attached hydrogens (tertiary/aromatic N) is 1. The van der Waals surface area contributed by atoms with Crippen molar-refractivity contribution in [3.63, 3.8) is 0 Å². The molecule has 3 N–H and O–H groups in total. The lowest BCUT2D eigenvalue weighted by molar-refractivity contribution is -0.126. The maximum Gasteiger partial charge on any atom is 0.249 e. The molecule has 2 rings (SSSR count). The number of carbonyl (C=O) groups excluding carboxylic acids is 2. The SMILES string of the molecule is CCOc1cc(C=NNC(=O)CC(=O)Nc2ccc(F)cc2)cc(Br)c1O. The van der Waals surface area contributed by atoms with Crippen molar-refractivity contribution in [2.45, 2.75) is 13.3 Å². The first-order chi connectivity index (χ1) is 12.9. The Balaban J connectivity index is 1.89. The highest BCUT2D eigenvalue weighted by atomic mass is 79.9. The fraction of sp³-hybridized carbons (Fsp3) is 0.167. The second-order valence-corrected chi connectivity index (χ2v) is 6.16. The standard InChI is InChI=1S/C18H17BrFN3O4/c1-2-27-15-8-11(7-14(19)18(15)26)10-21-23-17(25)9-16(24)22-13-5-3-12(20)4-6-13/h3-8,10,26H,2,9H2,1H3,(H,22,24)(H,23,25). The number of ether oxygens (including phenoxy) is 1. The zero-order valence-electron chi connectivity index (χ0n) is 14.3. The Morgan fingerprint density at radius 3 is 2.63 bits per heavy atom. The molecule has 0 saturated carbocycles. The van der Waals surface area contributed by atoms with Gasteiger partial charge in [0, 0.05) is 5.69 Å². The van der Waals surface area contributed by atoms with E-state index in [0.29, 0.717) is 22.3 Å². The summed E-state index contributed by atoms with van der Waals surface area (Å²) < 4.78 is 18.5. The van der Waals surface area contributed by atoms with Crippen molar-refractivity contribution in [1.82, 2.24) is 5.43 Å². The molecular weight excluding hydrogens is 421 g/mol. The summed E-state index contributed by atoms with van der Waals surface area (Å²) in [5.74, 6) is -1.35. The molecule has 0 aromatic heterocycles. The fourth-order valence-corrected chi connectivity index (χ4v) is 2.50. The molecule has 2 amide bonds. The van der Waals surface area contributed by atoms with Crippen molar-refractivity contribution in [2.75, 3.05) is 11.9 Å². The number of benzene rings is 2. The topological polar surface area (TPSA) is 100 Å². The molecule has 0 fully saturated rings. The molecule has 2 aromatic carbocycles. The maximum atomic E-state index is 12.8. The number of carbonyl (C=O) groups is 2. The number of halogens is 2. The summed E-state index contributed by atoms with van der Waals surface area (Å²) >= 11 is 3.20. The first-order valence-corrected chi connectivity index (χ1v) is 8.71. The van der Waals surface area contributed by atoms with Crippen molar-refractivity contribution >= 4 is 39.6 Å². The zero-order chi connectivity index (χ0) is 19.8. The quantitative estimate of drug-likeness (QED) is 0.351. The van der Waals surface area contributed by atoms with Gasteiger partial charge in [-0.05, 0) is 64.8 Å². The van der Waals surface area contributed by atoms with Gasteiger partial charge >= 0.3 is 0 Å². The van der Waals surface area contributed by atoms with E-state index >= 15 is 0 Å². The van der Waals surface area contributed by atoms with Gasteiger partial charge in [-0.15, -0.1) is 0 Å². The highest BCUT2D eigenvalue weighted by Gasteiger charge is 2.10. The van der Waals surface area contributed by atoms with Crippen LogP contribution in [-0.4, -0.2) is 29.7 Å². The van der Waals surface area contributed by atoms with Crippen molar-refractivity contribution in [1.29, 1.82) is 0 Å². The molecule has 9 heteroatoms. The number of rotatable bonds is 7. The highest BCUT2D eigenvalue weighted by Crippen LogP contribution is 2.35. The van der Waals surface area contributed by atoms with Crippen LogP contribution >= 0.6 is 15.9 Å². The molecule has 142 valence electrons. The van der Waals surface area contributed by atoms with Crippen LogP contribution in [0.1, 0.15) is 18.9 Å². The number of nitrogens with one attached hydrogen (secondary N) is 2. The van der Waals surface area contributed by atoms with Crippen LogP contribution in [0.2, 0.25) is 0 Å². The van der Waals surface area contributed by atoms with Crippen molar-refractivity contribution in [2.24, 2.45) is 5.10 Å². The van der Waals surface area contributed by atoms with Crippen molar-refractivity contribution in [3.8, 4) is 11.5 Å². The van der Waals surface area contributed by atoms with Gasteiger partial charge in [0.15, 0.2) is 11.5 Å². The van der Waals surface area contributed by atoms with Crippen LogP contribution in [0, 0.1) is 5.82 Å². The number of hydrogen-bond acceptors (Lipinski definition) is 5. The van der Waals surface area contributed by atoms with E-state index in [9.17, 15) is 19.1 Å². The number of phenols is 1. The predicted octanol–water partition coefficient (Wildman–Crippen LogP) is 3.17. The average molecular weight is 438 g/mol. The van der Waals surface area contributed by atoms with E-state index < -0.39 is 24.1 Å². The number of phenolic OH excluding ortho intramolecular Hbond substituents is 1. The third-order valence-electron chi connectivity index (χ3n) is 3.20. The molecule has 7 nitrogen and oxygen atoms in total. The second-order valence-electron chi connectivity index (χ2n) is 5.31. The van der Waals surface area contributed by atoms with Crippen molar-refractivity contribution in [3.05, 3.63) is 52.3 Å². The molecule has 0 atom stereocenters. The van der Waals surface area contributed by atoms with Gasteiger partial charge in [-0.25, -0.2) is 9.82 Å². The van der Waals surface area contributed by atoms with Crippen LogP contribution in [0.25, 0.3) is 0 Å². The monoisotopic (exact) mass is 437 g/mol. The molecule has 0 saturated heterocycles. The number of hydrazone groups is 1. The minimum atomic E-state index is -0.617. The summed E-state index contributed by atoms with van der Waals surface area (Å²) in [6, 6.07) is 8.33. The molecule has 0 radical (unpaired) electrons. The Morgan fingerprint density at radius 2 is 1.96 bits per heavy atom. The zero-order valence-corrected chi connectivity index (χ0v) is 15.9. The molecular formula is C18H17BrFN3O4. The third-order valence-corrected chi connectivity index (χ3v) is 3.81. The Labute approximate surface area is 163 Å². The molecule has 0 unspecified atom stereocenters. The highest BCUT2D eigenvalue weighted by molar-refractivity contribution is 9.10. The fourth-order valence-electron chi connectivity index (χ4n) is 2.04. The first-order valence-electron chi connectivity index (χ1n) is 7.91. The lowest BCUT2D eigenvalue weighted by Gasteiger charge is -2.08. The Bertz CT molecular complexity index is 856. The number of anilines is 1. The van der Waals surface area contributed by atoms with Gasteiger partial charge < -0.3 is 15.2 Å². The van der Waals surface area contributed by atoms with Crippen LogP contribution in [0.4, 0.5) is 10.1 Å². The molecule has 0 spiro atoms. The summed E-state index contributed by atoms with van der Waals surface area (Å²) in [6.45, 7) is 2.16. The lowest BCUT2D eigenvalue weighted by Crippen LogP contribution is -2.24. The maximum absolute atomic E-state index is 12.8. The van der Waals surface area contributed by atoms with Gasteiger partial charge in [-0.3, -0.25) is 9.59 Å². The van der Waals surface area contributed by atoms with Gasteiger partial charge in [0.05, 0.1) is 17.3 Å². The lowest BCUT2D eigenvalue weighted by atomic mass is 10.2. The first kappa shape index (κ1) is 20.4. The molecule has 0 aliphatic heterocycles. The molecule has 0 aliphatic carbocycles. The molecule has 0 heterocycles. The summed E-state index contributed by atoms with van der Waals surface area (Å²) in [4.78, 5) is 23.5. The van der Waals surface area contributed by atoms with Crippen LogP contribution in [0.5, 0.6) is 11.5 Å². The second kappa shape index (κ2) is 9.67. The smallest absolute Gasteiger partial charge is 0.249 e. The third kappa shape index (κ3) is 6.37. The van der Waals surface area contributed by atoms with Gasteiger partial charge in [-0.1, -0.05) is 0 Å². The van der Waals surface area contributed by atoms with E-state index in [4.69, 9.17) is 4.74 Å². The Kier molecular flexibility index (Phi) is 7.30. The van der Waals surface area contributed by atoms with E-state index in [0.717, 1.165) is 0 Å². The Hall–Kier alpha value is -2.94. The van der Waals surface area contributed by atoms with Gasteiger partial charge in [-0.2, -0.15) is 5.10 Å². The summed E-state index contributed by atoms with van der Waals surface area (Å²) in [5.41, 5.74) is 3.19. The van der Waals surface area contributed by atoms with Gasteiger partial charge in [0.25, 0.3) is 0 Å². The summed E-state index contributed by atoms with van der Waals surface area (Å²) in [5, 5.41) is 16.1. The minimum absolute atomic E-state index is 0.0319. The summed E-state index contributed by atoms with van der Waals surface area (Å²) in [6.07, 6.45) is 0.903. The van der Waals surface area contributed by atoms with Crippen LogP contribution in [0.3, 0.4) is 0 Å². The average Bonchev–Trinajstić information content (AvgIpc) is 2.61. The Morgan fingerprint density at radius 1 is 1.26 bits per heavy atom. The molecule has 0 aliphatic rings. The van der Waals surface area contributed by atoms with E-state index in [1.54, 1.807) is 19.1 Å². The molecule has 2 aromatic rings. The number of amides is 2.